The molecule has 3 aliphatic rings. The maximum absolute atomic E-state index is 10.7. The smallest absolute Gasteiger partial charge is 0.296 e. The van der Waals surface area contributed by atoms with Crippen molar-refractivity contribution in [3.05, 3.63) is 40.9 Å². The van der Waals surface area contributed by atoms with Gasteiger partial charge < -0.3 is 29.0 Å². The lowest BCUT2D eigenvalue weighted by atomic mass is 9.67. The average Bonchev–Trinajstić information content (AvgIpc) is 3.43. The predicted octanol–water partition coefficient (Wildman–Crippen LogP) is 3.25. The Morgan fingerprint density at radius 3 is 2.67 bits per heavy atom. The number of aliphatic hydroxyl groups is 1. The molecule has 2 aromatic heterocycles. The van der Waals surface area contributed by atoms with Gasteiger partial charge in [-0.3, -0.25) is 0 Å². The summed E-state index contributed by atoms with van der Waals surface area (Å²) in [4.78, 5) is 12.4. The standard InChI is InChI=1S/C24H26ClN3O5/c1-23(2,29)24(11-30-12-24)14-5-3-13(4-6-14)19-15(25)9-16-21(27-19)28-22(26-16)33-18-10-32-17-7-8-31-20(17)18/h3-6,9,17-18,20,29H,7-8,10-12H2,1-2H3,(H,26,27,28). The van der Waals surface area contributed by atoms with Crippen LogP contribution in [0.3, 0.4) is 0 Å². The number of aromatic nitrogens is 3. The lowest BCUT2D eigenvalue weighted by Crippen LogP contribution is -2.60. The monoisotopic (exact) mass is 471 g/mol. The van der Waals surface area contributed by atoms with E-state index >= 15 is 0 Å². The van der Waals surface area contributed by atoms with E-state index in [2.05, 4.69) is 9.97 Å². The van der Waals surface area contributed by atoms with E-state index in [1.165, 1.54) is 0 Å². The topological polar surface area (TPSA) is 98.7 Å². The maximum Gasteiger partial charge on any atom is 0.296 e. The highest BCUT2D eigenvalue weighted by molar-refractivity contribution is 6.33. The highest BCUT2D eigenvalue weighted by atomic mass is 35.5. The zero-order valence-electron chi connectivity index (χ0n) is 18.5. The lowest BCUT2D eigenvalue weighted by molar-refractivity contribution is -0.157. The van der Waals surface area contributed by atoms with Crippen molar-refractivity contribution in [2.75, 3.05) is 26.4 Å². The van der Waals surface area contributed by atoms with Gasteiger partial charge in [-0.2, -0.15) is 4.98 Å². The van der Waals surface area contributed by atoms with Gasteiger partial charge >= 0.3 is 0 Å². The van der Waals surface area contributed by atoms with Gasteiger partial charge in [0.15, 0.2) is 11.8 Å². The zero-order chi connectivity index (χ0) is 22.8. The summed E-state index contributed by atoms with van der Waals surface area (Å²) in [6.07, 6.45) is 0.744. The zero-order valence-corrected chi connectivity index (χ0v) is 19.3. The van der Waals surface area contributed by atoms with E-state index in [9.17, 15) is 5.11 Å². The van der Waals surface area contributed by atoms with Crippen LogP contribution in [0.4, 0.5) is 0 Å². The number of H-pyrrole nitrogens is 1. The van der Waals surface area contributed by atoms with Crippen molar-refractivity contribution in [2.24, 2.45) is 0 Å². The molecule has 0 saturated carbocycles. The Balaban J connectivity index is 1.27. The van der Waals surface area contributed by atoms with E-state index in [0.29, 0.717) is 54.3 Å². The summed E-state index contributed by atoms with van der Waals surface area (Å²) in [7, 11) is 0. The first-order valence-corrected chi connectivity index (χ1v) is 11.6. The molecular weight excluding hydrogens is 446 g/mol. The number of halogens is 1. The molecule has 8 nitrogen and oxygen atoms in total. The molecule has 3 aliphatic heterocycles. The number of nitrogens with zero attached hydrogens (tertiary/aromatic N) is 2. The highest BCUT2D eigenvalue weighted by Gasteiger charge is 2.51. The number of benzene rings is 1. The molecule has 3 unspecified atom stereocenters. The van der Waals surface area contributed by atoms with Crippen LogP contribution in [0.15, 0.2) is 30.3 Å². The Kier molecular flexibility index (Phi) is 4.94. The second kappa shape index (κ2) is 7.65. The summed E-state index contributed by atoms with van der Waals surface area (Å²) < 4.78 is 23.0. The van der Waals surface area contributed by atoms with Gasteiger partial charge in [-0.15, -0.1) is 0 Å². The summed E-state index contributed by atoms with van der Waals surface area (Å²) in [6.45, 7) is 5.81. The van der Waals surface area contributed by atoms with Gasteiger partial charge in [0, 0.05) is 12.2 Å². The first kappa shape index (κ1) is 21.3. The van der Waals surface area contributed by atoms with Crippen molar-refractivity contribution in [1.29, 1.82) is 0 Å². The van der Waals surface area contributed by atoms with Gasteiger partial charge in [0.05, 0.1) is 53.2 Å². The molecule has 174 valence electrons. The number of nitrogens with one attached hydrogen (secondary N) is 1. The number of pyridine rings is 1. The van der Waals surface area contributed by atoms with Crippen LogP contribution in [-0.2, 0) is 19.6 Å². The summed E-state index contributed by atoms with van der Waals surface area (Å²) >= 11 is 6.58. The van der Waals surface area contributed by atoms with Gasteiger partial charge in [-0.25, -0.2) is 4.98 Å². The van der Waals surface area contributed by atoms with E-state index in [1.807, 2.05) is 44.2 Å². The van der Waals surface area contributed by atoms with E-state index in [4.69, 9.17) is 35.5 Å². The van der Waals surface area contributed by atoms with E-state index in [0.717, 1.165) is 17.5 Å². The highest BCUT2D eigenvalue weighted by Crippen LogP contribution is 2.42. The van der Waals surface area contributed by atoms with Crippen LogP contribution in [0.1, 0.15) is 25.8 Å². The number of hydrogen-bond donors (Lipinski definition) is 2. The predicted molar refractivity (Wildman–Crippen MR) is 122 cm³/mol. The van der Waals surface area contributed by atoms with Crippen molar-refractivity contribution in [3.8, 4) is 17.3 Å². The van der Waals surface area contributed by atoms with Gasteiger partial charge in [-0.1, -0.05) is 35.9 Å². The maximum atomic E-state index is 10.7. The molecule has 0 amide bonds. The molecule has 0 radical (unpaired) electrons. The van der Waals surface area contributed by atoms with Crippen LogP contribution >= 0.6 is 11.6 Å². The van der Waals surface area contributed by atoms with Crippen LogP contribution in [0, 0.1) is 0 Å². The Morgan fingerprint density at radius 2 is 1.97 bits per heavy atom. The minimum atomic E-state index is -0.888. The number of rotatable bonds is 5. The average molecular weight is 472 g/mol. The van der Waals surface area contributed by atoms with E-state index in [1.54, 1.807) is 0 Å². The minimum absolute atomic E-state index is 0.0582. The number of hydrogen-bond acceptors (Lipinski definition) is 7. The van der Waals surface area contributed by atoms with E-state index in [-0.39, 0.29) is 18.3 Å². The molecule has 3 saturated heterocycles. The van der Waals surface area contributed by atoms with Crippen LogP contribution in [0.5, 0.6) is 6.01 Å². The minimum Gasteiger partial charge on any atom is -0.456 e. The Bertz CT molecular complexity index is 1190. The second-order valence-electron chi connectivity index (χ2n) is 9.60. The normalized spacial score (nSPS) is 26.4. The SMILES string of the molecule is CC(C)(O)C1(c2ccc(-c3nc4nc(OC5COC6CCOC65)[nH]c4cc3Cl)cc2)COC1. The summed E-state index contributed by atoms with van der Waals surface area (Å²) in [5.41, 5.74) is 2.47. The number of fused-ring (bicyclic) bond motifs is 2. The fourth-order valence-electron chi connectivity index (χ4n) is 4.95. The van der Waals surface area contributed by atoms with Crippen molar-refractivity contribution in [2.45, 2.75) is 49.6 Å². The van der Waals surface area contributed by atoms with Crippen LogP contribution in [0.2, 0.25) is 5.02 Å². The molecule has 3 aromatic rings. The first-order valence-electron chi connectivity index (χ1n) is 11.2. The number of ether oxygens (including phenoxy) is 4. The molecule has 3 atom stereocenters. The van der Waals surface area contributed by atoms with Crippen LogP contribution in [-0.4, -0.2) is 70.4 Å². The molecule has 1 aromatic carbocycles. The molecule has 0 aliphatic carbocycles. The van der Waals surface area contributed by atoms with Crippen LogP contribution < -0.4 is 4.74 Å². The molecule has 33 heavy (non-hydrogen) atoms. The summed E-state index contributed by atoms with van der Waals surface area (Å²) in [6, 6.07) is 10.1. The molecule has 9 heteroatoms. The van der Waals surface area contributed by atoms with Gasteiger partial charge in [-0.05, 0) is 31.9 Å². The van der Waals surface area contributed by atoms with Crippen molar-refractivity contribution in [1.82, 2.24) is 15.0 Å². The Labute approximate surface area is 196 Å². The molecule has 6 rings (SSSR count). The number of aromatic amines is 1. The Morgan fingerprint density at radius 1 is 1.18 bits per heavy atom. The second-order valence-corrected chi connectivity index (χ2v) is 10.0. The molecule has 3 fully saturated rings. The van der Waals surface area contributed by atoms with Crippen molar-refractivity contribution >= 4 is 22.8 Å². The van der Waals surface area contributed by atoms with Crippen LogP contribution in [0.25, 0.3) is 22.4 Å². The molecule has 2 N–H and O–H groups in total. The largest absolute Gasteiger partial charge is 0.456 e. The third-order valence-corrected chi connectivity index (χ3v) is 7.46. The molecule has 0 spiro atoms. The first-order chi connectivity index (χ1) is 15.8. The third-order valence-electron chi connectivity index (χ3n) is 7.17. The van der Waals surface area contributed by atoms with E-state index < -0.39 is 11.0 Å². The van der Waals surface area contributed by atoms with Gasteiger partial charge in [0.25, 0.3) is 6.01 Å². The summed E-state index contributed by atoms with van der Waals surface area (Å²) in [5, 5.41) is 11.2. The fourth-order valence-corrected chi connectivity index (χ4v) is 5.22. The number of imidazole rings is 1. The van der Waals surface area contributed by atoms with Crippen molar-refractivity contribution in [3.63, 3.8) is 0 Å². The van der Waals surface area contributed by atoms with Crippen molar-refractivity contribution < 1.29 is 24.1 Å². The molecule has 0 bridgehead atoms. The molecular formula is C24H26ClN3O5. The van der Waals surface area contributed by atoms with Gasteiger partial charge in [0.1, 0.15) is 6.10 Å². The molecule has 5 heterocycles. The Hall–Kier alpha value is -2.23. The third kappa shape index (κ3) is 3.43. The fraction of sp³-hybridized carbons (Fsp3) is 0.500. The van der Waals surface area contributed by atoms with Gasteiger partial charge in [0.2, 0.25) is 0 Å². The lowest BCUT2D eigenvalue weighted by Gasteiger charge is -2.50. The quantitative estimate of drug-likeness (QED) is 0.589. The summed E-state index contributed by atoms with van der Waals surface area (Å²) in [5.74, 6) is 0.